The summed E-state index contributed by atoms with van der Waals surface area (Å²) in [6, 6.07) is 10.4. The second kappa shape index (κ2) is 5.25. The molecular weight excluding hydrogens is 264 g/mol. The highest BCUT2D eigenvalue weighted by atomic mass is 32.2. The van der Waals surface area contributed by atoms with E-state index in [9.17, 15) is 8.42 Å². The number of hydrogen-bond donors (Lipinski definition) is 3. The number of benzene rings is 1. The molecule has 0 saturated heterocycles. The van der Waals surface area contributed by atoms with Gasteiger partial charge in [0, 0.05) is 18.4 Å². The van der Waals surface area contributed by atoms with E-state index in [4.69, 9.17) is 10.9 Å². The average molecular weight is 278 g/mol. The van der Waals surface area contributed by atoms with Crippen molar-refractivity contribution >= 4 is 21.5 Å². The highest BCUT2D eigenvalue weighted by Gasteiger charge is 2.07. The van der Waals surface area contributed by atoms with Crippen molar-refractivity contribution in [2.24, 2.45) is 5.14 Å². The molecule has 0 atom stereocenters. The van der Waals surface area contributed by atoms with Gasteiger partial charge in [0.1, 0.15) is 10.7 Å². The zero-order valence-corrected chi connectivity index (χ0v) is 10.9. The molecule has 1 aromatic carbocycles. The van der Waals surface area contributed by atoms with Crippen LogP contribution in [0, 0.1) is 0 Å². The molecule has 0 aliphatic rings. The zero-order valence-electron chi connectivity index (χ0n) is 10.1. The molecule has 2 aromatic rings. The van der Waals surface area contributed by atoms with E-state index >= 15 is 0 Å². The van der Waals surface area contributed by atoms with Gasteiger partial charge in [-0.3, -0.25) is 0 Å². The van der Waals surface area contributed by atoms with E-state index in [1.54, 1.807) is 6.07 Å². The average Bonchev–Trinajstić information content (AvgIpc) is 2.36. The Morgan fingerprint density at radius 2 is 2.00 bits per heavy atom. The van der Waals surface area contributed by atoms with Crippen LogP contribution >= 0.6 is 0 Å². The molecule has 0 fully saturated rings. The van der Waals surface area contributed by atoms with Gasteiger partial charge < -0.3 is 11.1 Å². The Kier molecular flexibility index (Phi) is 3.68. The molecule has 0 radical (unpaired) electrons. The third kappa shape index (κ3) is 3.67. The van der Waals surface area contributed by atoms with Crippen LogP contribution in [0.4, 0.5) is 11.5 Å². The van der Waals surface area contributed by atoms with Crippen molar-refractivity contribution in [2.75, 3.05) is 11.1 Å². The molecule has 6 nitrogen and oxygen atoms in total. The van der Waals surface area contributed by atoms with Gasteiger partial charge in [-0.25, -0.2) is 18.5 Å². The van der Waals surface area contributed by atoms with Crippen LogP contribution < -0.4 is 16.2 Å². The van der Waals surface area contributed by atoms with Gasteiger partial charge in [0.25, 0.3) is 0 Å². The number of nitrogens with zero attached hydrogens (tertiary/aromatic N) is 1. The van der Waals surface area contributed by atoms with Crippen LogP contribution in [0.25, 0.3) is 0 Å². The number of nitrogens with one attached hydrogen (secondary N) is 1. The Morgan fingerprint density at radius 3 is 2.58 bits per heavy atom. The first-order valence-corrected chi connectivity index (χ1v) is 7.07. The molecule has 0 amide bonds. The maximum Gasteiger partial charge on any atom is 0.239 e. The zero-order chi connectivity index (χ0) is 13.9. The Morgan fingerprint density at radius 1 is 1.21 bits per heavy atom. The van der Waals surface area contributed by atoms with E-state index in [2.05, 4.69) is 10.3 Å². The third-order valence-corrected chi connectivity index (χ3v) is 3.39. The summed E-state index contributed by atoms with van der Waals surface area (Å²) in [4.78, 5) is 3.97. The number of sulfonamides is 1. The molecule has 1 heterocycles. The van der Waals surface area contributed by atoms with E-state index in [1.165, 1.54) is 12.3 Å². The summed E-state index contributed by atoms with van der Waals surface area (Å²) in [7, 11) is -3.70. The van der Waals surface area contributed by atoms with Crippen LogP contribution in [0.1, 0.15) is 5.56 Å². The largest absolute Gasteiger partial charge is 0.399 e. The second-order valence-corrected chi connectivity index (χ2v) is 5.58. The monoisotopic (exact) mass is 278 g/mol. The van der Waals surface area contributed by atoms with Crippen LogP contribution in [0.5, 0.6) is 0 Å². The number of aromatic nitrogens is 1. The smallest absolute Gasteiger partial charge is 0.239 e. The highest BCUT2D eigenvalue weighted by molar-refractivity contribution is 7.89. The fourth-order valence-electron chi connectivity index (χ4n) is 1.55. The molecule has 2 rings (SSSR count). The maximum absolute atomic E-state index is 11.1. The summed E-state index contributed by atoms with van der Waals surface area (Å²) >= 11 is 0. The van der Waals surface area contributed by atoms with Gasteiger partial charge in [-0.1, -0.05) is 12.1 Å². The molecule has 100 valence electrons. The topological polar surface area (TPSA) is 111 Å². The molecule has 0 aliphatic carbocycles. The number of nitrogens with two attached hydrogens (primary N) is 2. The summed E-state index contributed by atoms with van der Waals surface area (Å²) in [6.45, 7) is 0.548. The summed E-state index contributed by atoms with van der Waals surface area (Å²) in [5.41, 5.74) is 7.37. The van der Waals surface area contributed by atoms with Crippen LogP contribution in [0.3, 0.4) is 0 Å². The standard InChI is InChI=1S/C12H14N4O2S/c13-10-3-1-2-9(6-10)7-15-12-5-4-11(8-16-12)19(14,17)18/h1-6,8H,7,13H2,(H,15,16)(H2,14,17,18). The normalized spacial score (nSPS) is 11.2. The fraction of sp³-hybridized carbons (Fsp3) is 0.0833. The Balaban J connectivity index is 2.05. The van der Waals surface area contributed by atoms with Crippen molar-refractivity contribution in [2.45, 2.75) is 11.4 Å². The lowest BCUT2D eigenvalue weighted by Crippen LogP contribution is -2.12. The summed E-state index contributed by atoms with van der Waals surface area (Å²) in [5.74, 6) is 0.565. The molecular formula is C12H14N4O2S. The van der Waals surface area contributed by atoms with Crippen LogP contribution in [0.2, 0.25) is 0 Å². The molecule has 0 aliphatic heterocycles. The Hall–Kier alpha value is -2.12. The maximum atomic E-state index is 11.1. The van der Waals surface area contributed by atoms with Crippen molar-refractivity contribution in [1.82, 2.24) is 4.98 Å². The van der Waals surface area contributed by atoms with Crippen molar-refractivity contribution in [3.63, 3.8) is 0 Å². The van der Waals surface area contributed by atoms with Gasteiger partial charge in [0.05, 0.1) is 0 Å². The third-order valence-electron chi connectivity index (χ3n) is 2.49. The van der Waals surface area contributed by atoms with Gasteiger partial charge in [-0.15, -0.1) is 0 Å². The number of pyridine rings is 1. The predicted molar refractivity (Wildman–Crippen MR) is 73.8 cm³/mol. The number of hydrogen-bond acceptors (Lipinski definition) is 5. The number of primary sulfonamides is 1. The molecule has 7 heteroatoms. The first-order chi connectivity index (χ1) is 8.95. The number of nitrogen functional groups attached to an aromatic ring is 1. The van der Waals surface area contributed by atoms with E-state index in [-0.39, 0.29) is 4.90 Å². The number of rotatable bonds is 4. The highest BCUT2D eigenvalue weighted by Crippen LogP contribution is 2.11. The van der Waals surface area contributed by atoms with E-state index in [1.807, 2.05) is 24.3 Å². The number of anilines is 2. The van der Waals surface area contributed by atoms with Gasteiger partial charge >= 0.3 is 0 Å². The molecule has 5 N–H and O–H groups in total. The second-order valence-electron chi connectivity index (χ2n) is 4.02. The predicted octanol–water partition coefficient (Wildman–Crippen LogP) is 0.923. The van der Waals surface area contributed by atoms with Gasteiger partial charge in [-0.05, 0) is 29.8 Å². The minimum Gasteiger partial charge on any atom is -0.399 e. The molecule has 1 aromatic heterocycles. The Labute approximate surface area is 111 Å². The lowest BCUT2D eigenvalue weighted by atomic mass is 10.2. The van der Waals surface area contributed by atoms with E-state index < -0.39 is 10.0 Å². The minimum absolute atomic E-state index is 0.0120. The molecule has 0 saturated carbocycles. The van der Waals surface area contributed by atoms with E-state index in [0.29, 0.717) is 18.1 Å². The van der Waals surface area contributed by atoms with Crippen LogP contribution in [0.15, 0.2) is 47.5 Å². The quantitative estimate of drug-likeness (QED) is 0.720. The van der Waals surface area contributed by atoms with Gasteiger partial charge in [0.2, 0.25) is 10.0 Å². The first kappa shape index (κ1) is 13.3. The van der Waals surface area contributed by atoms with Gasteiger partial charge in [-0.2, -0.15) is 0 Å². The first-order valence-electron chi connectivity index (χ1n) is 5.52. The minimum atomic E-state index is -3.70. The lowest BCUT2D eigenvalue weighted by molar-refractivity contribution is 0.597. The van der Waals surface area contributed by atoms with Crippen molar-refractivity contribution in [3.8, 4) is 0 Å². The molecule has 0 unspecified atom stereocenters. The molecule has 0 spiro atoms. The summed E-state index contributed by atoms with van der Waals surface area (Å²) in [6.07, 6.45) is 1.22. The van der Waals surface area contributed by atoms with E-state index in [0.717, 1.165) is 5.56 Å². The SMILES string of the molecule is Nc1cccc(CNc2ccc(S(N)(=O)=O)cn2)c1. The molecule has 0 bridgehead atoms. The Bertz CT molecular complexity index is 668. The summed E-state index contributed by atoms with van der Waals surface area (Å²) in [5, 5.41) is 8.05. The lowest BCUT2D eigenvalue weighted by Gasteiger charge is -2.06. The molecule has 19 heavy (non-hydrogen) atoms. The fourth-order valence-corrected chi connectivity index (χ4v) is 2.01. The van der Waals surface area contributed by atoms with Crippen molar-refractivity contribution in [1.29, 1.82) is 0 Å². The van der Waals surface area contributed by atoms with Crippen molar-refractivity contribution in [3.05, 3.63) is 48.2 Å². The van der Waals surface area contributed by atoms with Gasteiger partial charge in [0.15, 0.2) is 0 Å². The summed E-state index contributed by atoms with van der Waals surface area (Å²) < 4.78 is 22.1. The van der Waals surface area contributed by atoms with Crippen LogP contribution in [-0.4, -0.2) is 13.4 Å². The van der Waals surface area contributed by atoms with Crippen molar-refractivity contribution < 1.29 is 8.42 Å². The van der Waals surface area contributed by atoms with Crippen LogP contribution in [-0.2, 0) is 16.6 Å².